The standard InChI is InChI=1S/C19H18N4O/c20-18-12-21-11-17(22-18)19(24)23(13-15-7-3-1-4-8-15)14-16-9-5-2-6-10-16/h1-12H,13-14H2,(H2,20,22). The minimum Gasteiger partial charge on any atom is -0.382 e. The van der Waals surface area contributed by atoms with Crippen molar-refractivity contribution in [2.75, 3.05) is 5.73 Å². The van der Waals surface area contributed by atoms with Crippen molar-refractivity contribution in [2.45, 2.75) is 13.1 Å². The zero-order chi connectivity index (χ0) is 16.8. The second-order valence-corrected chi connectivity index (χ2v) is 5.46. The van der Waals surface area contributed by atoms with Gasteiger partial charge in [-0.2, -0.15) is 0 Å². The number of rotatable bonds is 5. The van der Waals surface area contributed by atoms with E-state index in [0.29, 0.717) is 13.1 Å². The molecule has 1 aromatic heterocycles. The normalized spacial score (nSPS) is 10.3. The van der Waals surface area contributed by atoms with Gasteiger partial charge in [0.15, 0.2) is 0 Å². The van der Waals surface area contributed by atoms with Crippen LogP contribution in [0.1, 0.15) is 21.6 Å². The minimum atomic E-state index is -0.192. The lowest BCUT2D eigenvalue weighted by atomic mass is 10.1. The molecule has 0 aliphatic rings. The van der Waals surface area contributed by atoms with Crippen molar-refractivity contribution >= 4 is 11.7 Å². The first-order chi connectivity index (χ1) is 11.7. The van der Waals surface area contributed by atoms with Gasteiger partial charge in [0.05, 0.1) is 12.4 Å². The lowest BCUT2D eigenvalue weighted by molar-refractivity contribution is 0.0723. The number of carbonyl (C=O) groups excluding carboxylic acids is 1. The molecular formula is C19H18N4O. The number of nitrogens with zero attached hydrogens (tertiary/aromatic N) is 3. The van der Waals surface area contributed by atoms with Crippen molar-refractivity contribution in [1.29, 1.82) is 0 Å². The quantitative estimate of drug-likeness (QED) is 0.785. The number of hydrogen-bond acceptors (Lipinski definition) is 4. The maximum Gasteiger partial charge on any atom is 0.274 e. The Labute approximate surface area is 140 Å². The van der Waals surface area contributed by atoms with Gasteiger partial charge in [0, 0.05) is 13.1 Å². The van der Waals surface area contributed by atoms with Gasteiger partial charge in [0.2, 0.25) is 0 Å². The molecule has 24 heavy (non-hydrogen) atoms. The average molecular weight is 318 g/mol. The Hall–Kier alpha value is -3.21. The van der Waals surface area contributed by atoms with E-state index in [1.54, 1.807) is 4.90 Å². The maximum absolute atomic E-state index is 12.9. The van der Waals surface area contributed by atoms with E-state index in [4.69, 9.17) is 5.73 Å². The molecular weight excluding hydrogens is 300 g/mol. The summed E-state index contributed by atoms with van der Waals surface area (Å²) in [4.78, 5) is 22.7. The number of carbonyl (C=O) groups is 1. The van der Waals surface area contributed by atoms with Crippen molar-refractivity contribution in [3.63, 3.8) is 0 Å². The van der Waals surface area contributed by atoms with Gasteiger partial charge < -0.3 is 10.6 Å². The third-order valence-corrected chi connectivity index (χ3v) is 3.59. The number of aromatic nitrogens is 2. The van der Waals surface area contributed by atoms with Crippen LogP contribution in [0.3, 0.4) is 0 Å². The molecule has 0 radical (unpaired) electrons. The summed E-state index contributed by atoms with van der Waals surface area (Å²) in [5.41, 5.74) is 8.02. The van der Waals surface area contributed by atoms with E-state index in [1.165, 1.54) is 12.4 Å². The van der Waals surface area contributed by atoms with E-state index in [-0.39, 0.29) is 17.4 Å². The number of hydrogen-bond donors (Lipinski definition) is 1. The molecule has 120 valence electrons. The van der Waals surface area contributed by atoms with Gasteiger partial charge in [-0.05, 0) is 11.1 Å². The highest BCUT2D eigenvalue weighted by Crippen LogP contribution is 2.13. The van der Waals surface area contributed by atoms with Crippen LogP contribution in [0.2, 0.25) is 0 Å². The van der Waals surface area contributed by atoms with E-state index >= 15 is 0 Å². The molecule has 3 aromatic rings. The predicted molar refractivity (Wildman–Crippen MR) is 92.9 cm³/mol. The summed E-state index contributed by atoms with van der Waals surface area (Å²) in [5.74, 6) is 0.0442. The highest BCUT2D eigenvalue weighted by molar-refractivity contribution is 5.92. The maximum atomic E-state index is 12.9. The Morgan fingerprint density at radius 3 is 1.92 bits per heavy atom. The molecule has 0 aliphatic heterocycles. The first-order valence-corrected chi connectivity index (χ1v) is 7.67. The van der Waals surface area contributed by atoms with Crippen molar-refractivity contribution < 1.29 is 4.79 Å². The molecule has 0 spiro atoms. The predicted octanol–water partition coefficient (Wildman–Crippen LogP) is 2.90. The van der Waals surface area contributed by atoms with Gasteiger partial charge in [-0.3, -0.25) is 9.78 Å². The molecule has 0 aliphatic carbocycles. The lowest BCUT2D eigenvalue weighted by Gasteiger charge is -2.22. The average Bonchev–Trinajstić information content (AvgIpc) is 2.62. The summed E-state index contributed by atoms with van der Waals surface area (Å²) < 4.78 is 0. The number of nitrogens with two attached hydrogens (primary N) is 1. The third-order valence-electron chi connectivity index (χ3n) is 3.59. The number of amides is 1. The van der Waals surface area contributed by atoms with Crippen LogP contribution in [0.15, 0.2) is 73.1 Å². The first kappa shape index (κ1) is 15.7. The van der Waals surface area contributed by atoms with Gasteiger partial charge in [-0.25, -0.2) is 4.98 Å². The molecule has 1 heterocycles. The van der Waals surface area contributed by atoms with Crippen molar-refractivity contribution in [1.82, 2.24) is 14.9 Å². The largest absolute Gasteiger partial charge is 0.382 e. The fraction of sp³-hybridized carbons (Fsp3) is 0.105. The molecule has 3 rings (SSSR count). The van der Waals surface area contributed by atoms with Crippen molar-refractivity contribution in [3.05, 3.63) is 89.9 Å². The Morgan fingerprint density at radius 2 is 1.42 bits per heavy atom. The Kier molecular flexibility index (Phi) is 4.81. The topological polar surface area (TPSA) is 72.1 Å². The Morgan fingerprint density at radius 1 is 0.875 bits per heavy atom. The fourth-order valence-corrected chi connectivity index (χ4v) is 2.45. The smallest absolute Gasteiger partial charge is 0.274 e. The summed E-state index contributed by atoms with van der Waals surface area (Å²) in [6.07, 6.45) is 2.87. The van der Waals surface area contributed by atoms with E-state index in [1.807, 2.05) is 60.7 Å². The molecule has 5 heteroatoms. The molecule has 1 amide bonds. The summed E-state index contributed by atoms with van der Waals surface area (Å²) in [5, 5.41) is 0. The van der Waals surface area contributed by atoms with Gasteiger partial charge in [0.25, 0.3) is 5.91 Å². The van der Waals surface area contributed by atoms with Crippen LogP contribution in [-0.2, 0) is 13.1 Å². The van der Waals surface area contributed by atoms with Gasteiger partial charge in [-0.15, -0.1) is 0 Å². The van der Waals surface area contributed by atoms with Crippen LogP contribution >= 0.6 is 0 Å². The fourth-order valence-electron chi connectivity index (χ4n) is 2.45. The molecule has 0 atom stereocenters. The van der Waals surface area contributed by atoms with Crippen LogP contribution in [0.5, 0.6) is 0 Å². The van der Waals surface area contributed by atoms with E-state index in [2.05, 4.69) is 9.97 Å². The number of anilines is 1. The Bertz CT molecular complexity index is 764. The highest BCUT2D eigenvalue weighted by atomic mass is 16.2. The van der Waals surface area contributed by atoms with Crippen LogP contribution in [0.25, 0.3) is 0 Å². The number of benzene rings is 2. The molecule has 0 bridgehead atoms. The molecule has 0 saturated carbocycles. The molecule has 0 saturated heterocycles. The molecule has 2 N–H and O–H groups in total. The first-order valence-electron chi connectivity index (χ1n) is 7.67. The molecule has 0 unspecified atom stereocenters. The zero-order valence-electron chi connectivity index (χ0n) is 13.2. The zero-order valence-corrected chi connectivity index (χ0v) is 13.2. The summed E-state index contributed by atoms with van der Waals surface area (Å²) in [6.45, 7) is 0.982. The Balaban J connectivity index is 1.87. The van der Waals surface area contributed by atoms with E-state index in [9.17, 15) is 4.79 Å². The van der Waals surface area contributed by atoms with Gasteiger partial charge in [0.1, 0.15) is 11.5 Å². The second-order valence-electron chi connectivity index (χ2n) is 5.46. The van der Waals surface area contributed by atoms with E-state index < -0.39 is 0 Å². The lowest BCUT2D eigenvalue weighted by Crippen LogP contribution is -2.31. The monoisotopic (exact) mass is 318 g/mol. The summed E-state index contributed by atoms with van der Waals surface area (Å²) in [6, 6.07) is 19.7. The third kappa shape index (κ3) is 3.95. The van der Waals surface area contributed by atoms with Gasteiger partial charge in [-0.1, -0.05) is 60.7 Å². The summed E-state index contributed by atoms with van der Waals surface area (Å²) >= 11 is 0. The number of nitrogen functional groups attached to an aromatic ring is 1. The summed E-state index contributed by atoms with van der Waals surface area (Å²) in [7, 11) is 0. The van der Waals surface area contributed by atoms with Crippen molar-refractivity contribution in [2.24, 2.45) is 0 Å². The van der Waals surface area contributed by atoms with Crippen LogP contribution < -0.4 is 5.73 Å². The molecule has 5 nitrogen and oxygen atoms in total. The molecule has 0 fully saturated rings. The SMILES string of the molecule is Nc1cncc(C(=O)N(Cc2ccccc2)Cc2ccccc2)n1. The van der Waals surface area contributed by atoms with Crippen LogP contribution in [0, 0.1) is 0 Å². The van der Waals surface area contributed by atoms with Crippen LogP contribution in [0.4, 0.5) is 5.82 Å². The van der Waals surface area contributed by atoms with E-state index in [0.717, 1.165) is 11.1 Å². The highest BCUT2D eigenvalue weighted by Gasteiger charge is 2.18. The van der Waals surface area contributed by atoms with Crippen LogP contribution in [-0.4, -0.2) is 20.8 Å². The van der Waals surface area contributed by atoms with Crippen molar-refractivity contribution in [3.8, 4) is 0 Å². The minimum absolute atomic E-state index is 0.192. The second kappa shape index (κ2) is 7.37. The van der Waals surface area contributed by atoms with Gasteiger partial charge >= 0.3 is 0 Å². The molecule has 2 aromatic carbocycles.